The standard InChI is InChI=1S/C16H25NO.C14H29NO.C2H6/c1-5-6-7-12-17(4)16(18)15-10-8-14(9-11-15)13(2)3;1-6-15-12(4)9-14(10-13(15)5)16-8-7-11(2)3;1-2/h8-11,13H,5-7,12H2,1-4H3;11-14H,6-10H2,1-5H3;1-2H3/t;12-,13?,14?;/m.0./s1. The molecule has 0 spiro atoms. The Morgan fingerprint density at radius 1 is 1.00 bits per heavy atom. The van der Waals surface area contributed by atoms with Crippen molar-refractivity contribution in [3.8, 4) is 0 Å². The van der Waals surface area contributed by atoms with Crippen LogP contribution in [-0.4, -0.2) is 60.6 Å². The first kappa shape index (κ1) is 34.6. The first-order valence-corrected chi connectivity index (χ1v) is 14.8. The third kappa shape index (κ3) is 13.2. The monoisotopic (exact) mass is 504 g/mol. The maximum absolute atomic E-state index is 12.1. The van der Waals surface area contributed by atoms with Gasteiger partial charge < -0.3 is 9.64 Å². The summed E-state index contributed by atoms with van der Waals surface area (Å²) in [4.78, 5) is 16.6. The third-order valence-corrected chi connectivity index (χ3v) is 7.02. The van der Waals surface area contributed by atoms with Crippen LogP contribution in [0.3, 0.4) is 0 Å². The molecule has 1 fully saturated rings. The summed E-state index contributed by atoms with van der Waals surface area (Å²) in [6.45, 7) is 24.9. The fraction of sp³-hybridized carbons (Fsp3) is 0.781. The van der Waals surface area contributed by atoms with Crippen LogP contribution in [0, 0.1) is 5.92 Å². The average molecular weight is 505 g/mol. The molecule has 0 N–H and O–H groups in total. The molecule has 1 aromatic carbocycles. The summed E-state index contributed by atoms with van der Waals surface area (Å²) in [6.07, 6.45) is 7.55. The number of carbonyl (C=O) groups excluding carboxylic acids is 1. The van der Waals surface area contributed by atoms with Gasteiger partial charge in [0.05, 0.1) is 6.10 Å². The van der Waals surface area contributed by atoms with Crippen LogP contribution < -0.4 is 0 Å². The second-order valence-electron chi connectivity index (χ2n) is 10.9. The Hall–Kier alpha value is -1.39. The summed E-state index contributed by atoms with van der Waals surface area (Å²) in [6, 6.07) is 9.34. The van der Waals surface area contributed by atoms with Crippen LogP contribution in [0.25, 0.3) is 0 Å². The smallest absolute Gasteiger partial charge is 0.253 e. The summed E-state index contributed by atoms with van der Waals surface area (Å²) in [5.74, 6) is 1.39. The zero-order valence-electron chi connectivity index (χ0n) is 25.8. The highest BCUT2D eigenvalue weighted by molar-refractivity contribution is 5.94. The van der Waals surface area contributed by atoms with E-state index >= 15 is 0 Å². The molecular weight excluding hydrogens is 444 g/mol. The number of nitrogens with zero attached hydrogens (tertiary/aromatic N) is 2. The van der Waals surface area contributed by atoms with Crippen LogP contribution in [0.1, 0.15) is 130 Å². The molecule has 2 rings (SSSR count). The number of unbranched alkanes of at least 4 members (excludes halogenated alkanes) is 2. The Kier molecular flexibility index (Phi) is 18.9. The Labute approximate surface area is 225 Å². The number of carbonyl (C=O) groups is 1. The molecule has 36 heavy (non-hydrogen) atoms. The molecule has 0 aliphatic carbocycles. The highest BCUT2D eigenvalue weighted by atomic mass is 16.5. The van der Waals surface area contributed by atoms with E-state index in [4.69, 9.17) is 4.74 Å². The first-order valence-electron chi connectivity index (χ1n) is 14.8. The molecule has 1 heterocycles. The molecular formula is C32H60N2O2. The number of amides is 1. The molecule has 1 amide bonds. The molecule has 1 saturated heterocycles. The predicted octanol–water partition coefficient (Wildman–Crippen LogP) is 8.41. The van der Waals surface area contributed by atoms with Crippen molar-refractivity contribution in [3.63, 3.8) is 0 Å². The van der Waals surface area contributed by atoms with E-state index in [0.29, 0.717) is 24.1 Å². The highest BCUT2D eigenvalue weighted by Crippen LogP contribution is 2.25. The van der Waals surface area contributed by atoms with E-state index in [-0.39, 0.29) is 5.91 Å². The predicted molar refractivity (Wildman–Crippen MR) is 158 cm³/mol. The Morgan fingerprint density at radius 2 is 1.56 bits per heavy atom. The van der Waals surface area contributed by atoms with E-state index < -0.39 is 0 Å². The number of benzene rings is 1. The maximum Gasteiger partial charge on any atom is 0.253 e. The molecule has 4 nitrogen and oxygen atoms in total. The van der Waals surface area contributed by atoms with Crippen molar-refractivity contribution < 1.29 is 9.53 Å². The lowest BCUT2D eigenvalue weighted by Crippen LogP contribution is -2.48. The molecule has 4 heteroatoms. The van der Waals surface area contributed by atoms with Crippen LogP contribution >= 0.6 is 0 Å². The fourth-order valence-electron chi connectivity index (χ4n) is 4.72. The molecule has 1 aliphatic rings. The van der Waals surface area contributed by atoms with E-state index in [2.05, 4.69) is 72.4 Å². The van der Waals surface area contributed by atoms with Crippen molar-refractivity contribution in [2.45, 2.75) is 132 Å². The molecule has 210 valence electrons. The van der Waals surface area contributed by atoms with Crippen LogP contribution in [0.5, 0.6) is 0 Å². The fourth-order valence-corrected chi connectivity index (χ4v) is 4.72. The van der Waals surface area contributed by atoms with E-state index in [1.54, 1.807) is 0 Å². The van der Waals surface area contributed by atoms with Gasteiger partial charge in [-0.1, -0.05) is 80.4 Å². The minimum absolute atomic E-state index is 0.126. The highest BCUT2D eigenvalue weighted by Gasteiger charge is 2.30. The topological polar surface area (TPSA) is 32.8 Å². The van der Waals surface area contributed by atoms with Crippen LogP contribution in [0.4, 0.5) is 0 Å². The van der Waals surface area contributed by atoms with Gasteiger partial charge in [-0.05, 0) is 75.6 Å². The lowest BCUT2D eigenvalue weighted by molar-refractivity contribution is -0.0346. The van der Waals surface area contributed by atoms with Crippen LogP contribution in [0.15, 0.2) is 24.3 Å². The van der Waals surface area contributed by atoms with Gasteiger partial charge in [0.1, 0.15) is 0 Å². The third-order valence-electron chi connectivity index (χ3n) is 7.02. The van der Waals surface area contributed by atoms with Crippen molar-refractivity contribution in [1.82, 2.24) is 9.80 Å². The van der Waals surface area contributed by atoms with Gasteiger partial charge in [0, 0.05) is 37.8 Å². The molecule has 0 radical (unpaired) electrons. The van der Waals surface area contributed by atoms with Gasteiger partial charge in [0.2, 0.25) is 0 Å². The quantitative estimate of drug-likeness (QED) is 0.284. The van der Waals surface area contributed by atoms with Crippen molar-refractivity contribution >= 4 is 5.91 Å². The summed E-state index contributed by atoms with van der Waals surface area (Å²) < 4.78 is 6.00. The van der Waals surface area contributed by atoms with Gasteiger partial charge in [-0.2, -0.15) is 0 Å². The number of likely N-dealkylation sites (tertiary alicyclic amines) is 1. The van der Waals surface area contributed by atoms with Crippen LogP contribution in [0.2, 0.25) is 0 Å². The Balaban J connectivity index is 0.000000640. The summed E-state index contributed by atoms with van der Waals surface area (Å²) in [5, 5.41) is 0. The molecule has 2 unspecified atom stereocenters. The second-order valence-corrected chi connectivity index (χ2v) is 10.9. The zero-order chi connectivity index (χ0) is 27.7. The molecule has 0 saturated carbocycles. The van der Waals surface area contributed by atoms with Gasteiger partial charge in [0.15, 0.2) is 0 Å². The van der Waals surface area contributed by atoms with E-state index in [1.165, 1.54) is 44.2 Å². The van der Waals surface area contributed by atoms with Crippen molar-refractivity contribution in [2.75, 3.05) is 26.7 Å². The van der Waals surface area contributed by atoms with Gasteiger partial charge in [-0.25, -0.2) is 0 Å². The minimum Gasteiger partial charge on any atom is -0.378 e. The lowest BCUT2D eigenvalue weighted by atomic mass is 9.95. The number of hydrogen-bond acceptors (Lipinski definition) is 3. The van der Waals surface area contributed by atoms with Crippen molar-refractivity contribution in [3.05, 3.63) is 35.4 Å². The lowest BCUT2D eigenvalue weighted by Gasteiger charge is -2.42. The first-order chi connectivity index (χ1) is 17.1. The number of ether oxygens (including phenoxy) is 1. The number of piperidine rings is 1. The number of hydrogen-bond donors (Lipinski definition) is 0. The number of rotatable bonds is 11. The molecule has 0 bridgehead atoms. The van der Waals surface area contributed by atoms with E-state index in [0.717, 1.165) is 31.1 Å². The molecule has 1 aromatic rings. The SMILES string of the molecule is CC.CCCCCN(C)C(=O)c1ccc(C(C)C)cc1.CCN1C(C)CC(OCCC(C)C)C[C@@H]1C. The molecule has 1 aliphatic heterocycles. The average Bonchev–Trinajstić information content (AvgIpc) is 2.85. The van der Waals surface area contributed by atoms with Gasteiger partial charge in [-0.3, -0.25) is 9.69 Å². The van der Waals surface area contributed by atoms with Crippen molar-refractivity contribution in [1.29, 1.82) is 0 Å². The van der Waals surface area contributed by atoms with Gasteiger partial charge >= 0.3 is 0 Å². The van der Waals surface area contributed by atoms with Crippen molar-refractivity contribution in [2.24, 2.45) is 5.92 Å². The maximum atomic E-state index is 12.1. The molecule has 0 aromatic heterocycles. The minimum atomic E-state index is 0.126. The van der Waals surface area contributed by atoms with Gasteiger partial charge in [0.25, 0.3) is 5.91 Å². The Bertz CT molecular complexity index is 659. The zero-order valence-corrected chi connectivity index (χ0v) is 25.8. The summed E-state index contributed by atoms with van der Waals surface area (Å²) >= 11 is 0. The van der Waals surface area contributed by atoms with Gasteiger partial charge in [-0.15, -0.1) is 0 Å². The summed E-state index contributed by atoms with van der Waals surface area (Å²) in [5.41, 5.74) is 2.07. The van der Waals surface area contributed by atoms with E-state index in [1.807, 2.05) is 37.9 Å². The van der Waals surface area contributed by atoms with E-state index in [9.17, 15) is 4.79 Å². The molecule has 3 atom stereocenters. The van der Waals surface area contributed by atoms with Crippen LogP contribution in [-0.2, 0) is 4.74 Å². The largest absolute Gasteiger partial charge is 0.378 e. The Morgan fingerprint density at radius 3 is 2.00 bits per heavy atom. The summed E-state index contributed by atoms with van der Waals surface area (Å²) in [7, 11) is 1.88. The normalized spacial score (nSPS) is 19.9. The second kappa shape index (κ2) is 19.7.